The van der Waals surface area contributed by atoms with E-state index in [4.69, 9.17) is 0 Å². The number of hydrogen-bond donors (Lipinski definition) is 1. The lowest BCUT2D eigenvalue weighted by Gasteiger charge is -2.24. The topological polar surface area (TPSA) is 32.3 Å². The minimum Gasteiger partial charge on any atom is -0.352 e. The largest absolute Gasteiger partial charge is 0.352 e. The summed E-state index contributed by atoms with van der Waals surface area (Å²) in [6.07, 6.45) is 7.75. The first-order chi connectivity index (χ1) is 11.6. The van der Waals surface area contributed by atoms with Crippen LogP contribution in [0, 0.1) is 25.7 Å². The number of amides is 1. The summed E-state index contributed by atoms with van der Waals surface area (Å²) in [5, 5.41) is 3.38. The van der Waals surface area contributed by atoms with Gasteiger partial charge in [0.05, 0.1) is 6.54 Å². The summed E-state index contributed by atoms with van der Waals surface area (Å²) < 4.78 is 0. The molecule has 0 bridgehead atoms. The third-order valence-electron chi connectivity index (χ3n) is 5.95. The third kappa shape index (κ3) is 4.00. The second-order valence-corrected chi connectivity index (χ2v) is 8.32. The van der Waals surface area contributed by atoms with Crippen molar-refractivity contribution in [2.45, 2.75) is 71.0 Å². The van der Waals surface area contributed by atoms with E-state index in [2.05, 4.69) is 42.3 Å². The number of aryl methyl sites for hydroxylation is 2. The maximum atomic E-state index is 12.6. The third-order valence-corrected chi connectivity index (χ3v) is 5.95. The molecule has 1 amide bonds. The first kappa shape index (κ1) is 16.1. The molecule has 3 heteroatoms. The van der Waals surface area contributed by atoms with Gasteiger partial charge in [0.1, 0.15) is 0 Å². The molecule has 1 N–H and O–H groups in total. The normalized spacial score (nSPS) is 20.7. The molecule has 3 nitrogen and oxygen atoms in total. The van der Waals surface area contributed by atoms with Crippen LogP contribution in [-0.4, -0.2) is 29.4 Å². The van der Waals surface area contributed by atoms with Crippen LogP contribution < -0.4 is 5.32 Å². The van der Waals surface area contributed by atoms with Crippen molar-refractivity contribution < 1.29 is 4.79 Å². The second kappa shape index (κ2) is 6.51. The standard InChI is InChI=1S/C21H30N2O/c1-14-3-4-16(11-15(14)2)12-23(19-9-10-19)13-20(24)22-21(17-5-6-17)18-7-8-18/h3-4,11,17-19,21H,5-10,12-13H2,1-2H3,(H,22,24). The lowest BCUT2D eigenvalue weighted by molar-refractivity contribution is -0.123. The highest BCUT2D eigenvalue weighted by molar-refractivity contribution is 5.78. The number of benzene rings is 1. The molecule has 0 heterocycles. The molecule has 130 valence electrons. The number of nitrogens with one attached hydrogen (secondary N) is 1. The Morgan fingerprint density at radius 1 is 1.08 bits per heavy atom. The molecular formula is C21H30N2O. The smallest absolute Gasteiger partial charge is 0.234 e. The van der Waals surface area contributed by atoms with Gasteiger partial charge in [-0.25, -0.2) is 0 Å². The zero-order valence-electron chi connectivity index (χ0n) is 15.1. The van der Waals surface area contributed by atoms with Crippen molar-refractivity contribution >= 4 is 5.91 Å². The van der Waals surface area contributed by atoms with Gasteiger partial charge in [-0.05, 0) is 80.9 Å². The molecule has 0 radical (unpaired) electrons. The molecule has 1 aromatic carbocycles. The Hall–Kier alpha value is -1.35. The van der Waals surface area contributed by atoms with Crippen LogP contribution in [0.1, 0.15) is 55.2 Å². The van der Waals surface area contributed by atoms with E-state index in [-0.39, 0.29) is 5.91 Å². The minimum absolute atomic E-state index is 0.245. The molecule has 3 aliphatic carbocycles. The Morgan fingerprint density at radius 2 is 1.75 bits per heavy atom. The first-order valence-corrected chi connectivity index (χ1v) is 9.69. The van der Waals surface area contributed by atoms with Crippen molar-refractivity contribution in [3.8, 4) is 0 Å². The van der Waals surface area contributed by atoms with Crippen LogP contribution in [0.4, 0.5) is 0 Å². The van der Waals surface area contributed by atoms with Gasteiger partial charge >= 0.3 is 0 Å². The summed E-state index contributed by atoms with van der Waals surface area (Å²) in [7, 11) is 0. The molecule has 0 aliphatic heterocycles. The van der Waals surface area contributed by atoms with Gasteiger partial charge in [0.15, 0.2) is 0 Å². The fraction of sp³-hybridized carbons (Fsp3) is 0.667. The molecule has 3 aliphatic rings. The van der Waals surface area contributed by atoms with Gasteiger partial charge in [0.25, 0.3) is 0 Å². The van der Waals surface area contributed by atoms with E-state index < -0.39 is 0 Å². The zero-order chi connectivity index (χ0) is 16.7. The molecule has 1 aromatic rings. The lowest BCUT2D eigenvalue weighted by atomic mass is 10.1. The Kier molecular flexibility index (Phi) is 4.38. The van der Waals surface area contributed by atoms with Crippen LogP contribution in [0.5, 0.6) is 0 Å². The van der Waals surface area contributed by atoms with Gasteiger partial charge in [0.2, 0.25) is 5.91 Å². The average molecular weight is 326 g/mol. The van der Waals surface area contributed by atoms with Crippen LogP contribution in [0.25, 0.3) is 0 Å². The van der Waals surface area contributed by atoms with Crippen LogP contribution in [0.2, 0.25) is 0 Å². The van der Waals surface area contributed by atoms with Gasteiger partial charge in [-0.15, -0.1) is 0 Å². The van der Waals surface area contributed by atoms with Crippen LogP contribution in [0.3, 0.4) is 0 Å². The summed E-state index contributed by atoms with van der Waals surface area (Å²) in [4.78, 5) is 15.0. The SMILES string of the molecule is Cc1ccc(CN(CC(=O)NC(C2CC2)C2CC2)C2CC2)cc1C. The van der Waals surface area contributed by atoms with Crippen molar-refractivity contribution in [2.75, 3.05) is 6.54 Å². The molecule has 4 rings (SSSR count). The summed E-state index contributed by atoms with van der Waals surface area (Å²) in [5.74, 6) is 1.79. The Labute approximate surface area is 145 Å². The van der Waals surface area contributed by atoms with E-state index in [0.717, 1.165) is 18.4 Å². The lowest BCUT2D eigenvalue weighted by Crippen LogP contribution is -2.44. The summed E-state index contributed by atoms with van der Waals surface area (Å²) in [6.45, 7) is 5.79. The highest BCUT2D eigenvalue weighted by atomic mass is 16.2. The maximum Gasteiger partial charge on any atom is 0.234 e. The molecule has 0 saturated heterocycles. The fourth-order valence-electron chi connectivity index (χ4n) is 3.84. The summed E-state index contributed by atoms with van der Waals surface area (Å²) >= 11 is 0. The van der Waals surface area contributed by atoms with E-state index in [0.29, 0.717) is 18.6 Å². The van der Waals surface area contributed by atoms with Crippen molar-refractivity contribution in [3.63, 3.8) is 0 Å². The van der Waals surface area contributed by atoms with Gasteiger partial charge in [0, 0.05) is 18.6 Å². The Balaban J connectivity index is 1.36. The molecule has 0 atom stereocenters. The minimum atomic E-state index is 0.245. The number of hydrogen-bond acceptors (Lipinski definition) is 2. The molecule has 0 aromatic heterocycles. The van der Waals surface area contributed by atoms with Gasteiger partial charge < -0.3 is 5.32 Å². The summed E-state index contributed by atoms with van der Waals surface area (Å²) in [5.41, 5.74) is 4.01. The van der Waals surface area contributed by atoms with Crippen LogP contribution in [0.15, 0.2) is 18.2 Å². The van der Waals surface area contributed by atoms with Crippen LogP contribution >= 0.6 is 0 Å². The number of carbonyl (C=O) groups is 1. The number of rotatable bonds is 8. The van der Waals surface area contributed by atoms with E-state index in [1.165, 1.54) is 55.2 Å². The molecule has 0 spiro atoms. The molecule has 24 heavy (non-hydrogen) atoms. The second-order valence-electron chi connectivity index (χ2n) is 8.32. The van der Waals surface area contributed by atoms with E-state index in [9.17, 15) is 4.79 Å². The van der Waals surface area contributed by atoms with Gasteiger partial charge in [-0.3, -0.25) is 9.69 Å². The Bertz CT molecular complexity index is 602. The van der Waals surface area contributed by atoms with E-state index in [1.54, 1.807) is 0 Å². The monoisotopic (exact) mass is 326 g/mol. The molecule has 3 fully saturated rings. The first-order valence-electron chi connectivity index (χ1n) is 9.69. The predicted molar refractivity (Wildman–Crippen MR) is 96.7 cm³/mol. The van der Waals surface area contributed by atoms with Crippen molar-refractivity contribution in [1.82, 2.24) is 10.2 Å². The summed E-state index contributed by atoms with van der Waals surface area (Å²) in [6, 6.07) is 7.77. The quantitative estimate of drug-likeness (QED) is 0.792. The molecular weight excluding hydrogens is 296 g/mol. The van der Waals surface area contributed by atoms with Crippen molar-refractivity contribution in [1.29, 1.82) is 0 Å². The fourth-order valence-corrected chi connectivity index (χ4v) is 3.84. The van der Waals surface area contributed by atoms with Crippen molar-refractivity contribution in [2.24, 2.45) is 11.8 Å². The zero-order valence-corrected chi connectivity index (χ0v) is 15.1. The van der Waals surface area contributed by atoms with Crippen LogP contribution in [-0.2, 0) is 11.3 Å². The Morgan fingerprint density at radius 3 is 2.29 bits per heavy atom. The van der Waals surface area contributed by atoms with Crippen molar-refractivity contribution in [3.05, 3.63) is 34.9 Å². The maximum absolute atomic E-state index is 12.6. The average Bonchev–Trinajstić information content (AvgIpc) is 3.38. The number of carbonyl (C=O) groups excluding carboxylic acids is 1. The highest BCUT2D eigenvalue weighted by Gasteiger charge is 2.42. The molecule has 0 unspecified atom stereocenters. The number of nitrogens with zero attached hydrogens (tertiary/aromatic N) is 1. The predicted octanol–water partition coefficient (Wildman–Crippen LogP) is 3.57. The van der Waals surface area contributed by atoms with Gasteiger partial charge in [-0.1, -0.05) is 18.2 Å². The van der Waals surface area contributed by atoms with Gasteiger partial charge in [-0.2, -0.15) is 0 Å². The van der Waals surface area contributed by atoms with E-state index in [1.807, 2.05) is 0 Å². The van der Waals surface area contributed by atoms with E-state index >= 15 is 0 Å². The highest BCUT2D eigenvalue weighted by Crippen LogP contribution is 2.44. The molecule has 3 saturated carbocycles.